The molecule has 4 nitrogen and oxygen atoms in total. The van der Waals surface area contributed by atoms with Gasteiger partial charge in [-0.3, -0.25) is 4.79 Å². The number of amides is 1. The second kappa shape index (κ2) is 5.55. The summed E-state index contributed by atoms with van der Waals surface area (Å²) >= 11 is 0. The van der Waals surface area contributed by atoms with Crippen LogP contribution in [-0.4, -0.2) is 35.9 Å². The predicted octanol–water partition coefficient (Wildman–Crippen LogP) is 2.77. The van der Waals surface area contributed by atoms with Gasteiger partial charge in [0.25, 0.3) is 5.91 Å². The van der Waals surface area contributed by atoms with E-state index in [1.165, 1.54) is 12.3 Å². The van der Waals surface area contributed by atoms with E-state index in [1.807, 2.05) is 27.7 Å². The average molecular weight is 267 g/mol. The van der Waals surface area contributed by atoms with E-state index < -0.39 is 5.82 Å². The quantitative estimate of drug-likeness (QED) is 0.916. The Morgan fingerprint density at radius 2 is 2.05 bits per heavy atom. The Morgan fingerprint density at radius 3 is 2.53 bits per heavy atom. The molecule has 1 unspecified atom stereocenters. The van der Waals surface area contributed by atoms with Crippen molar-refractivity contribution in [2.24, 2.45) is 5.41 Å². The Balaban J connectivity index is 3.08. The maximum atomic E-state index is 14.1. The van der Waals surface area contributed by atoms with Crippen molar-refractivity contribution in [1.29, 1.82) is 0 Å². The van der Waals surface area contributed by atoms with Crippen LogP contribution in [0, 0.1) is 11.2 Å². The molecule has 0 aliphatic carbocycles. The van der Waals surface area contributed by atoms with E-state index in [0.717, 1.165) is 0 Å². The van der Waals surface area contributed by atoms with Gasteiger partial charge in [-0.2, -0.15) is 0 Å². The van der Waals surface area contributed by atoms with E-state index in [-0.39, 0.29) is 28.7 Å². The number of nitrogens with zero attached hydrogens (tertiary/aromatic N) is 2. The van der Waals surface area contributed by atoms with Crippen LogP contribution in [0.4, 0.5) is 10.2 Å². The fourth-order valence-corrected chi connectivity index (χ4v) is 1.73. The first-order valence-corrected chi connectivity index (χ1v) is 6.29. The van der Waals surface area contributed by atoms with E-state index in [1.54, 1.807) is 19.0 Å². The molecule has 0 aromatic carbocycles. The molecule has 19 heavy (non-hydrogen) atoms. The topological polar surface area (TPSA) is 45.2 Å². The highest BCUT2D eigenvalue weighted by Crippen LogP contribution is 2.25. The Morgan fingerprint density at radius 1 is 1.47 bits per heavy atom. The molecule has 1 aromatic rings. The Bertz CT molecular complexity index is 468. The maximum absolute atomic E-state index is 14.1. The average Bonchev–Trinajstić information content (AvgIpc) is 2.35. The van der Waals surface area contributed by atoms with Crippen LogP contribution in [0.15, 0.2) is 12.3 Å². The number of hydrogen-bond acceptors (Lipinski definition) is 3. The summed E-state index contributed by atoms with van der Waals surface area (Å²) in [5.41, 5.74) is -0.0299. The maximum Gasteiger partial charge on any atom is 0.257 e. The number of rotatable bonds is 3. The summed E-state index contributed by atoms with van der Waals surface area (Å²) in [6, 6.07) is 1.40. The standard InChI is InChI=1S/C14H22FN3O/c1-9(14(2,3)4)18(6)13(19)10-7-8-17-12(16-5)11(10)15/h7-9H,1-6H3,(H,16,17). The number of halogens is 1. The highest BCUT2D eigenvalue weighted by molar-refractivity contribution is 5.95. The van der Waals surface area contributed by atoms with Gasteiger partial charge in [-0.25, -0.2) is 9.37 Å². The molecule has 0 saturated carbocycles. The largest absolute Gasteiger partial charge is 0.371 e. The number of pyridine rings is 1. The van der Waals surface area contributed by atoms with Crippen LogP contribution in [0.5, 0.6) is 0 Å². The molecule has 1 amide bonds. The molecule has 0 spiro atoms. The van der Waals surface area contributed by atoms with Crippen molar-refractivity contribution in [3.8, 4) is 0 Å². The summed E-state index contributed by atoms with van der Waals surface area (Å²) in [5, 5.41) is 2.63. The summed E-state index contributed by atoms with van der Waals surface area (Å²) in [6.07, 6.45) is 1.43. The summed E-state index contributed by atoms with van der Waals surface area (Å²) in [6.45, 7) is 8.09. The summed E-state index contributed by atoms with van der Waals surface area (Å²) in [7, 11) is 3.26. The lowest BCUT2D eigenvalue weighted by atomic mass is 9.87. The van der Waals surface area contributed by atoms with Crippen LogP contribution in [0.3, 0.4) is 0 Å². The summed E-state index contributed by atoms with van der Waals surface area (Å²) in [4.78, 5) is 17.8. The molecular weight excluding hydrogens is 245 g/mol. The lowest BCUT2D eigenvalue weighted by Crippen LogP contribution is -2.43. The van der Waals surface area contributed by atoms with Crippen molar-refractivity contribution in [1.82, 2.24) is 9.88 Å². The molecule has 5 heteroatoms. The monoisotopic (exact) mass is 267 g/mol. The van der Waals surface area contributed by atoms with Gasteiger partial charge in [-0.1, -0.05) is 20.8 Å². The molecule has 0 aliphatic rings. The van der Waals surface area contributed by atoms with Crippen LogP contribution >= 0.6 is 0 Å². The van der Waals surface area contributed by atoms with Crippen molar-refractivity contribution in [3.05, 3.63) is 23.6 Å². The number of carbonyl (C=O) groups is 1. The Labute approximate surface area is 114 Å². The predicted molar refractivity (Wildman–Crippen MR) is 74.8 cm³/mol. The third kappa shape index (κ3) is 3.22. The minimum absolute atomic E-state index is 0.00870. The minimum Gasteiger partial charge on any atom is -0.371 e. The van der Waals surface area contributed by atoms with Crippen LogP contribution in [0.25, 0.3) is 0 Å². The van der Waals surface area contributed by atoms with Crippen molar-refractivity contribution < 1.29 is 9.18 Å². The second-order valence-corrected chi connectivity index (χ2v) is 5.73. The van der Waals surface area contributed by atoms with E-state index in [9.17, 15) is 9.18 Å². The first-order valence-electron chi connectivity index (χ1n) is 6.29. The fourth-order valence-electron chi connectivity index (χ4n) is 1.73. The third-order valence-corrected chi connectivity index (χ3v) is 3.51. The smallest absolute Gasteiger partial charge is 0.257 e. The molecule has 0 bridgehead atoms. The summed E-state index contributed by atoms with van der Waals surface area (Å²) in [5.74, 6) is -0.857. The van der Waals surface area contributed by atoms with Gasteiger partial charge in [-0.05, 0) is 18.4 Å². The number of aromatic nitrogens is 1. The van der Waals surface area contributed by atoms with Crippen LogP contribution in [-0.2, 0) is 0 Å². The molecule has 1 N–H and O–H groups in total. The summed E-state index contributed by atoms with van der Waals surface area (Å²) < 4.78 is 14.1. The number of anilines is 1. The van der Waals surface area contributed by atoms with Gasteiger partial charge in [-0.15, -0.1) is 0 Å². The zero-order valence-electron chi connectivity index (χ0n) is 12.4. The fraction of sp³-hybridized carbons (Fsp3) is 0.571. The number of carbonyl (C=O) groups excluding carboxylic acids is 1. The van der Waals surface area contributed by atoms with Gasteiger partial charge >= 0.3 is 0 Å². The number of nitrogens with one attached hydrogen (secondary N) is 1. The van der Waals surface area contributed by atoms with E-state index in [4.69, 9.17) is 0 Å². The van der Waals surface area contributed by atoms with Gasteiger partial charge in [0.15, 0.2) is 11.6 Å². The molecule has 0 radical (unpaired) electrons. The molecule has 106 valence electrons. The third-order valence-electron chi connectivity index (χ3n) is 3.51. The van der Waals surface area contributed by atoms with Crippen molar-refractivity contribution in [2.45, 2.75) is 33.7 Å². The molecule has 0 saturated heterocycles. The van der Waals surface area contributed by atoms with Gasteiger partial charge in [0, 0.05) is 26.3 Å². The van der Waals surface area contributed by atoms with Gasteiger partial charge in [0.05, 0.1) is 5.56 Å². The van der Waals surface area contributed by atoms with Crippen molar-refractivity contribution in [3.63, 3.8) is 0 Å². The molecular formula is C14H22FN3O. The molecule has 1 aromatic heterocycles. The van der Waals surface area contributed by atoms with Gasteiger partial charge < -0.3 is 10.2 Å². The highest BCUT2D eigenvalue weighted by Gasteiger charge is 2.29. The first-order chi connectivity index (χ1) is 8.70. The molecule has 1 atom stereocenters. The minimum atomic E-state index is -0.608. The van der Waals surface area contributed by atoms with E-state index in [2.05, 4.69) is 10.3 Å². The van der Waals surface area contributed by atoms with E-state index >= 15 is 0 Å². The Kier molecular flexibility index (Phi) is 4.50. The van der Waals surface area contributed by atoms with Crippen LogP contribution in [0.1, 0.15) is 38.1 Å². The normalized spacial score (nSPS) is 13.0. The second-order valence-electron chi connectivity index (χ2n) is 5.73. The van der Waals surface area contributed by atoms with Crippen molar-refractivity contribution in [2.75, 3.05) is 19.4 Å². The lowest BCUT2D eigenvalue weighted by molar-refractivity contribution is 0.0624. The Hall–Kier alpha value is -1.65. The zero-order valence-corrected chi connectivity index (χ0v) is 12.4. The van der Waals surface area contributed by atoms with Crippen molar-refractivity contribution >= 4 is 11.7 Å². The SMILES string of the molecule is CNc1nccc(C(=O)N(C)C(C)C(C)(C)C)c1F. The number of hydrogen-bond donors (Lipinski definition) is 1. The molecule has 1 rings (SSSR count). The molecule has 0 fully saturated rings. The lowest BCUT2D eigenvalue weighted by Gasteiger charge is -2.35. The highest BCUT2D eigenvalue weighted by atomic mass is 19.1. The van der Waals surface area contributed by atoms with Gasteiger partial charge in [0.2, 0.25) is 0 Å². The molecule has 1 heterocycles. The van der Waals surface area contributed by atoms with Gasteiger partial charge in [0.1, 0.15) is 0 Å². The first kappa shape index (κ1) is 15.4. The van der Waals surface area contributed by atoms with Crippen LogP contribution < -0.4 is 5.32 Å². The van der Waals surface area contributed by atoms with E-state index in [0.29, 0.717) is 0 Å². The van der Waals surface area contributed by atoms with Crippen LogP contribution in [0.2, 0.25) is 0 Å². The zero-order chi connectivity index (χ0) is 14.8. The molecule has 0 aliphatic heterocycles.